The number of rotatable bonds is 5. The first-order chi connectivity index (χ1) is 12.4. The number of hydrogen-bond donors (Lipinski definition) is 2. The van der Waals surface area contributed by atoms with Crippen molar-refractivity contribution < 1.29 is 9.59 Å². The molecule has 0 spiro atoms. The van der Waals surface area contributed by atoms with Crippen LogP contribution in [0.15, 0.2) is 42.5 Å². The normalized spacial score (nSPS) is 18.5. The van der Waals surface area contributed by atoms with Crippen LogP contribution < -0.4 is 10.6 Å². The van der Waals surface area contributed by atoms with Gasteiger partial charge in [-0.05, 0) is 48.6 Å². The Balaban J connectivity index is 1.60. The van der Waals surface area contributed by atoms with Gasteiger partial charge in [0.1, 0.15) is 0 Å². The van der Waals surface area contributed by atoms with Crippen molar-refractivity contribution in [2.45, 2.75) is 33.1 Å². The Morgan fingerprint density at radius 3 is 2.35 bits per heavy atom. The lowest BCUT2D eigenvalue weighted by molar-refractivity contribution is -0.122. The van der Waals surface area contributed by atoms with Gasteiger partial charge >= 0.3 is 0 Å². The zero-order valence-corrected chi connectivity index (χ0v) is 15.9. The highest BCUT2D eigenvalue weighted by atomic mass is 35.5. The van der Waals surface area contributed by atoms with E-state index in [1.165, 1.54) is 0 Å². The van der Waals surface area contributed by atoms with Gasteiger partial charge in [0.25, 0.3) is 0 Å². The monoisotopic (exact) mass is 370 g/mol. The van der Waals surface area contributed by atoms with E-state index >= 15 is 0 Å². The molecule has 0 saturated heterocycles. The zero-order valence-electron chi connectivity index (χ0n) is 15.2. The summed E-state index contributed by atoms with van der Waals surface area (Å²) >= 11 is 6.09. The number of para-hydroxylation sites is 1. The highest BCUT2D eigenvalue weighted by Crippen LogP contribution is 2.40. The molecule has 4 nitrogen and oxygen atoms in total. The summed E-state index contributed by atoms with van der Waals surface area (Å²) in [6.45, 7) is 6.08. The molecular weight excluding hydrogens is 348 g/mol. The Kier molecular flexibility index (Phi) is 5.33. The number of amides is 2. The first-order valence-corrected chi connectivity index (χ1v) is 9.21. The number of anilines is 2. The Labute approximate surface area is 158 Å². The van der Waals surface area contributed by atoms with Crippen molar-refractivity contribution >= 4 is 34.8 Å². The summed E-state index contributed by atoms with van der Waals surface area (Å²) in [4.78, 5) is 24.9. The third-order valence-corrected chi connectivity index (χ3v) is 5.15. The number of hydrogen-bond acceptors (Lipinski definition) is 2. The Bertz CT molecular complexity index is 848. The molecule has 136 valence electrons. The second-order valence-electron chi connectivity index (χ2n) is 7.13. The minimum Gasteiger partial charge on any atom is -0.326 e. The maximum Gasteiger partial charge on any atom is 0.228 e. The minimum atomic E-state index is -0.290. The molecule has 2 unspecified atom stereocenters. The molecule has 0 aromatic heterocycles. The standard InChI is InChI=1S/C21H23ClN2O2/c1-12(2)15-6-4-5-7-19(15)24-21(26)17-11-16(17)20(25)23-14-9-8-13(3)18(22)10-14/h4-10,12,16-17H,11H2,1-3H3,(H,23,25)(H,24,26). The molecule has 0 bridgehead atoms. The van der Waals surface area contributed by atoms with Crippen LogP contribution in [0.5, 0.6) is 0 Å². The van der Waals surface area contributed by atoms with Gasteiger partial charge in [0.05, 0.1) is 11.8 Å². The fourth-order valence-electron chi connectivity index (χ4n) is 3.02. The number of halogens is 1. The van der Waals surface area contributed by atoms with E-state index in [4.69, 9.17) is 11.6 Å². The van der Waals surface area contributed by atoms with Crippen LogP contribution in [0.3, 0.4) is 0 Å². The summed E-state index contributed by atoms with van der Waals surface area (Å²) < 4.78 is 0. The van der Waals surface area contributed by atoms with E-state index in [1.807, 2.05) is 43.3 Å². The van der Waals surface area contributed by atoms with Gasteiger partial charge in [-0.25, -0.2) is 0 Å². The molecule has 2 atom stereocenters. The summed E-state index contributed by atoms with van der Waals surface area (Å²) in [5.41, 5.74) is 3.53. The van der Waals surface area contributed by atoms with E-state index in [0.717, 1.165) is 16.8 Å². The molecule has 1 aliphatic carbocycles. The smallest absolute Gasteiger partial charge is 0.228 e. The summed E-state index contributed by atoms with van der Waals surface area (Å²) in [5, 5.41) is 6.44. The van der Waals surface area contributed by atoms with Crippen LogP contribution >= 0.6 is 11.6 Å². The molecule has 1 aliphatic rings. The van der Waals surface area contributed by atoms with E-state index < -0.39 is 0 Å². The molecule has 0 heterocycles. The minimum absolute atomic E-state index is 0.0970. The average Bonchev–Trinajstić information content (AvgIpc) is 3.39. The van der Waals surface area contributed by atoms with E-state index in [0.29, 0.717) is 23.0 Å². The van der Waals surface area contributed by atoms with Crippen LogP contribution in [-0.4, -0.2) is 11.8 Å². The van der Waals surface area contributed by atoms with Crippen LogP contribution in [0.1, 0.15) is 37.3 Å². The molecule has 2 aromatic carbocycles. The van der Waals surface area contributed by atoms with Gasteiger partial charge in [0.2, 0.25) is 11.8 Å². The average molecular weight is 371 g/mol. The third kappa shape index (κ3) is 4.07. The quantitative estimate of drug-likeness (QED) is 0.779. The number of nitrogens with one attached hydrogen (secondary N) is 2. The predicted molar refractivity (Wildman–Crippen MR) is 106 cm³/mol. The molecule has 0 aliphatic heterocycles. The lowest BCUT2D eigenvalue weighted by atomic mass is 10.0. The van der Waals surface area contributed by atoms with Crippen molar-refractivity contribution in [3.05, 3.63) is 58.6 Å². The first-order valence-electron chi connectivity index (χ1n) is 8.83. The summed E-state index contributed by atoms with van der Waals surface area (Å²) in [6.07, 6.45) is 0.571. The van der Waals surface area contributed by atoms with Gasteiger partial charge in [0.15, 0.2) is 0 Å². The Morgan fingerprint density at radius 1 is 1.04 bits per heavy atom. The van der Waals surface area contributed by atoms with Crippen LogP contribution in [0.4, 0.5) is 11.4 Å². The lowest BCUT2D eigenvalue weighted by Gasteiger charge is -2.13. The summed E-state index contributed by atoms with van der Waals surface area (Å²) in [5.74, 6) is -0.490. The molecule has 2 amide bonds. The largest absolute Gasteiger partial charge is 0.326 e. The molecule has 0 radical (unpaired) electrons. The number of benzene rings is 2. The molecule has 5 heteroatoms. The van der Waals surface area contributed by atoms with Crippen molar-refractivity contribution in [2.75, 3.05) is 10.6 Å². The SMILES string of the molecule is Cc1ccc(NC(=O)C2CC2C(=O)Nc2ccccc2C(C)C)cc1Cl. The molecule has 1 fully saturated rings. The van der Waals surface area contributed by atoms with Gasteiger partial charge in [-0.2, -0.15) is 0 Å². The molecule has 2 aromatic rings. The fourth-order valence-corrected chi connectivity index (χ4v) is 3.20. The molecule has 1 saturated carbocycles. The lowest BCUT2D eigenvalue weighted by Crippen LogP contribution is -2.21. The topological polar surface area (TPSA) is 58.2 Å². The van der Waals surface area contributed by atoms with Crippen molar-refractivity contribution in [1.82, 2.24) is 0 Å². The maximum atomic E-state index is 12.5. The van der Waals surface area contributed by atoms with Crippen molar-refractivity contribution in [2.24, 2.45) is 11.8 Å². The number of carbonyl (C=O) groups is 2. The molecule has 3 rings (SSSR count). The summed E-state index contributed by atoms with van der Waals surface area (Å²) in [7, 11) is 0. The second-order valence-corrected chi connectivity index (χ2v) is 7.54. The van der Waals surface area contributed by atoms with Crippen molar-refractivity contribution in [3.63, 3.8) is 0 Å². The van der Waals surface area contributed by atoms with Crippen LogP contribution in [0.2, 0.25) is 5.02 Å². The second kappa shape index (κ2) is 7.50. The maximum absolute atomic E-state index is 12.5. The molecule has 2 N–H and O–H groups in total. The van der Waals surface area contributed by atoms with Crippen molar-refractivity contribution in [3.8, 4) is 0 Å². The van der Waals surface area contributed by atoms with Crippen LogP contribution in [0, 0.1) is 18.8 Å². The van der Waals surface area contributed by atoms with Gasteiger partial charge in [-0.15, -0.1) is 0 Å². The number of aryl methyl sites for hydroxylation is 1. The fraction of sp³-hybridized carbons (Fsp3) is 0.333. The van der Waals surface area contributed by atoms with Gasteiger partial charge in [-0.3, -0.25) is 9.59 Å². The van der Waals surface area contributed by atoms with Gasteiger partial charge < -0.3 is 10.6 Å². The van der Waals surface area contributed by atoms with Crippen LogP contribution in [0.25, 0.3) is 0 Å². The highest BCUT2D eigenvalue weighted by Gasteiger charge is 2.48. The number of carbonyl (C=O) groups excluding carboxylic acids is 2. The van der Waals surface area contributed by atoms with E-state index in [1.54, 1.807) is 6.07 Å². The zero-order chi connectivity index (χ0) is 18.8. The predicted octanol–water partition coefficient (Wildman–Crippen LogP) is 4.99. The van der Waals surface area contributed by atoms with Crippen molar-refractivity contribution in [1.29, 1.82) is 0 Å². The Morgan fingerprint density at radius 2 is 1.69 bits per heavy atom. The molecular formula is C21H23ClN2O2. The van der Waals surface area contributed by atoms with E-state index in [2.05, 4.69) is 24.5 Å². The van der Waals surface area contributed by atoms with Crippen LogP contribution in [-0.2, 0) is 9.59 Å². The first kappa shape index (κ1) is 18.5. The molecule has 26 heavy (non-hydrogen) atoms. The third-order valence-electron chi connectivity index (χ3n) is 4.74. The summed E-state index contributed by atoms with van der Waals surface area (Å²) in [6, 6.07) is 13.2. The van der Waals surface area contributed by atoms with Gasteiger partial charge in [0, 0.05) is 16.4 Å². The van der Waals surface area contributed by atoms with E-state index in [-0.39, 0.29) is 23.7 Å². The van der Waals surface area contributed by atoms with E-state index in [9.17, 15) is 9.59 Å². The van der Waals surface area contributed by atoms with Gasteiger partial charge in [-0.1, -0.05) is 49.7 Å². The Hall–Kier alpha value is -2.33. The highest BCUT2D eigenvalue weighted by molar-refractivity contribution is 6.31.